The molecule has 1 aromatic heterocycles. The van der Waals surface area contributed by atoms with Gasteiger partial charge in [0.2, 0.25) is 0 Å². The number of halogens is 1. The standard InChI is InChI=1S/C19H15BrN4O4/c1-3-8-28-18-7-5-15(24(26)27)9-13(18)11-21-23-12(2)22-17-6-4-14(20)10-16(17)19(23)25/h3-7,9-11H,1,8H2,2H3. The lowest BCUT2D eigenvalue weighted by atomic mass is 10.2. The zero-order valence-corrected chi connectivity index (χ0v) is 16.4. The van der Waals surface area contributed by atoms with Gasteiger partial charge in [0.25, 0.3) is 11.2 Å². The van der Waals surface area contributed by atoms with Crippen molar-refractivity contribution >= 4 is 38.7 Å². The van der Waals surface area contributed by atoms with Crippen LogP contribution in [0.3, 0.4) is 0 Å². The molecule has 28 heavy (non-hydrogen) atoms. The first-order valence-electron chi connectivity index (χ1n) is 8.16. The molecular weight excluding hydrogens is 428 g/mol. The highest BCUT2D eigenvalue weighted by Crippen LogP contribution is 2.23. The minimum absolute atomic E-state index is 0.114. The Morgan fingerprint density at radius 3 is 2.86 bits per heavy atom. The Hall–Kier alpha value is -3.33. The molecule has 0 spiro atoms. The molecule has 8 nitrogen and oxygen atoms in total. The molecule has 3 rings (SSSR count). The fourth-order valence-corrected chi connectivity index (χ4v) is 2.91. The summed E-state index contributed by atoms with van der Waals surface area (Å²) in [5, 5.41) is 15.7. The molecule has 1 heterocycles. The molecule has 0 aliphatic heterocycles. The Labute approximate surface area is 168 Å². The van der Waals surface area contributed by atoms with Gasteiger partial charge in [-0.3, -0.25) is 14.9 Å². The van der Waals surface area contributed by atoms with E-state index < -0.39 is 4.92 Å². The van der Waals surface area contributed by atoms with Gasteiger partial charge in [-0.15, -0.1) is 0 Å². The third-order valence-electron chi connectivity index (χ3n) is 3.84. The highest BCUT2D eigenvalue weighted by atomic mass is 79.9. The van der Waals surface area contributed by atoms with Crippen LogP contribution in [0.25, 0.3) is 10.9 Å². The minimum atomic E-state index is -0.513. The van der Waals surface area contributed by atoms with E-state index in [-0.39, 0.29) is 17.9 Å². The molecule has 9 heteroatoms. The number of nitro benzene ring substituents is 1. The largest absolute Gasteiger partial charge is 0.489 e. The van der Waals surface area contributed by atoms with Crippen LogP contribution in [0, 0.1) is 17.0 Å². The zero-order chi connectivity index (χ0) is 20.3. The van der Waals surface area contributed by atoms with Gasteiger partial charge in [0, 0.05) is 22.2 Å². The van der Waals surface area contributed by atoms with Crippen molar-refractivity contribution in [2.45, 2.75) is 6.92 Å². The van der Waals surface area contributed by atoms with E-state index in [0.29, 0.717) is 28.0 Å². The topological polar surface area (TPSA) is 99.6 Å². The number of nitro groups is 1. The van der Waals surface area contributed by atoms with Crippen molar-refractivity contribution in [1.82, 2.24) is 9.66 Å². The third-order valence-corrected chi connectivity index (χ3v) is 4.34. The van der Waals surface area contributed by atoms with Gasteiger partial charge >= 0.3 is 0 Å². The number of nitrogens with zero attached hydrogens (tertiary/aromatic N) is 4. The van der Waals surface area contributed by atoms with Crippen LogP contribution in [0.1, 0.15) is 11.4 Å². The second-order valence-corrected chi connectivity index (χ2v) is 6.68. The third kappa shape index (κ3) is 3.99. The Balaban J connectivity index is 2.10. The van der Waals surface area contributed by atoms with Gasteiger partial charge < -0.3 is 4.74 Å². The quantitative estimate of drug-likeness (QED) is 0.250. The second-order valence-electron chi connectivity index (χ2n) is 5.76. The first-order chi connectivity index (χ1) is 13.4. The molecule has 0 amide bonds. The lowest BCUT2D eigenvalue weighted by molar-refractivity contribution is -0.384. The average molecular weight is 443 g/mol. The van der Waals surface area contributed by atoms with E-state index >= 15 is 0 Å². The van der Waals surface area contributed by atoms with Gasteiger partial charge in [0.05, 0.1) is 22.0 Å². The van der Waals surface area contributed by atoms with Crippen LogP contribution in [-0.4, -0.2) is 27.4 Å². The molecule has 0 radical (unpaired) electrons. The second kappa shape index (κ2) is 8.13. The minimum Gasteiger partial charge on any atom is -0.489 e. The van der Waals surface area contributed by atoms with Gasteiger partial charge in [-0.25, -0.2) is 4.98 Å². The number of benzene rings is 2. The number of rotatable bonds is 6. The number of hydrogen-bond acceptors (Lipinski definition) is 6. The van der Waals surface area contributed by atoms with Crippen molar-refractivity contribution in [1.29, 1.82) is 0 Å². The Kier molecular flexibility index (Phi) is 5.65. The maximum Gasteiger partial charge on any atom is 0.282 e. The number of fused-ring (bicyclic) bond motifs is 1. The van der Waals surface area contributed by atoms with Crippen molar-refractivity contribution in [2.75, 3.05) is 6.61 Å². The number of hydrogen-bond donors (Lipinski definition) is 0. The van der Waals surface area contributed by atoms with Gasteiger partial charge in [0.1, 0.15) is 18.2 Å². The molecule has 0 saturated heterocycles. The molecule has 0 atom stereocenters. The highest BCUT2D eigenvalue weighted by molar-refractivity contribution is 9.10. The van der Waals surface area contributed by atoms with Crippen LogP contribution in [0.2, 0.25) is 0 Å². The molecule has 0 fully saturated rings. The number of non-ortho nitro benzene ring substituents is 1. The predicted molar refractivity (Wildman–Crippen MR) is 110 cm³/mol. The maximum atomic E-state index is 12.8. The first kappa shape index (κ1) is 19.4. The summed E-state index contributed by atoms with van der Waals surface area (Å²) >= 11 is 3.34. The van der Waals surface area contributed by atoms with Crippen LogP contribution in [-0.2, 0) is 0 Å². The summed E-state index contributed by atoms with van der Waals surface area (Å²) in [6.07, 6.45) is 2.90. The van der Waals surface area contributed by atoms with Gasteiger partial charge in [-0.05, 0) is 31.2 Å². The van der Waals surface area contributed by atoms with Crippen LogP contribution in [0.4, 0.5) is 5.69 Å². The van der Waals surface area contributed by atoms with E-state index in [1.165, 1.54) is 24.4 Å². The van der Waals surface area contributed by atoms with E-state index in [1.807, 2.05) is 0 Å². The molecule has 0 bridgehead atoms. The molecule has 0 N–H and O–H groups in total. The summed E-state index contributed by atoms with van der Waals surface area (Å²) in [7, 11) is 0. The van der Waals surface area contributed by atoms with Crippen molar-refractivity contribution in [3.8, 4) is 5.75 Å². The Bertz CT molecular complexity index is 1170. The van der Waals surface area contributed by atoms with Crippen molar-refractivity contribution in [3.63, 3.8) is 0 Å². The van der Waals surface area contributed by atoms with E-state index in [4.69, 9.17) is 4.74 Å². The Morgan fingerprint density at radius 1 is 1.36 bits per heavy atom. The average Bonchev–Trinajstić information content (AvgIpc) is 2.67. The fraction of sp³-hybridized carbons (Fsp3) is 0.105. The maximum absolute atomic E-state index is 12.8. The predicted octanol–water partition coefficient (Wildman–Crippen LogP) is 3.82. The summed E-state index contributed by atoms with van der Waals surface area (Å²) in [6.45, 7) is 5.46. The van der Waals surface area contributed by atoms with Gasteiger partial charge in [-0.1, -0.05) is 28.6 Å². The lowest BCUT2D eigenvalue weighted by Crippen LogP contribution is -2.20. The van der Waals surface area contributed by atoms with Crippen LogP contribution < -0.4 is 10.3 Å². The monoisotopic (exact) mass is 442 g/mol. The first-order valence-corrected chi connectivity index (χ1v) is 8.95. The Morgan fingerprint density at radius 2 is 2.14 bits per heavy atom. The van der Waals surface area contributed by atoms with Gasteiger partial charge in [0.15, 0.2) is 0 Å². The molecule has 0 aliphatic carbocycles. The fourth-order valence-electron chi connectivity index (χ4n) is 2.55. The van der Waals surface area contributed by atoms with Crippen molar-refractivity contribution < 1.29 is 9.66 Å². The molecule has 2 aromatic carbocycles. The number of ether oxygens (including phenoxy) is 1. The zero-order valence-electron chi connectivity index (χ0n) is 14.8. The molecular formula is C19H15BrN4O4. The number of aryl methyl sites for hydroxylation is 1. The smallest absolute Gasteiger partial charge is 0.282 e. The molecule has 0 unspecified atom stereocenters. The summed E-state index contributed by atoms with van der Waals surface area (Å²) in [4.78, 5) is 27.7. The number of aromatic nitrogens is 2. The van der Waals surface area contributed by atoms with E-state index in [2.05, 4.69) is 32.6 Å². The summed E-state index contributed by atoms with van der Waals surface area (Å²) < 4.78 is 7.41. The summed E-state index contributed by atoms with van der Waals surface area (Å²) in [6, 6.07) is 9.35. The molecule has 0 aliphatic rings. The van der Waals surface area contributed by atoms with Crippen LogP contribution in [0.5, 0.6) is 5.75 Å². The highest BCUT2D eigenvalue weighted by Gasteiger charge is 2.12. The van der Waals surface area contributed by atoms with Crippen molar-refractivity contribution in [3.05, 3.63) is 85.4 Å². The molecule has 142 valence electrons. The van der Waals surface area contributed by atoms with E-state index in [1.54, 1.807) is 31.2 Å². The van der Waals surface area contributed by atoms with Crippen molar-refractivity contribution in [2.24, 2.45) is 5.10 Å². The van der Waals surface area contributed by atoms with Gasteiger partial charge in [-0.2, -0.15) is 9.78 Å². The molecule has 3 aromatic rings. The SMILES string of the molecule is C=CCOc1ccc([N+](=O)[O-])cc1C=Nn1c(C)nc2ccc(Br)cc2c1=O. The summed E-state index contributed by atoms with van der Waals surface area (Å²) in [5.74, 6) is 0.770. The summed E-state index contributed by atoms with van der Waals surface area (Å²) in [5.41, 5.74) is 0.454. The van der Waals surface area contributed by atoms with E-state index in [9.17, 15) is 14.9 Å². The molecule has 0 saturated carbocycles. The normalized spacial score (nSPS) is 11.1. The lowest BCUT2D eigenvalue weighted by Gasteiger charge is -2.08. The van der Waals surface area contributed by atoms with Crippen LogP contribution >= 0.6 is 15.9 Å². The van der Waals surface area contributed by atoms with E-state index in [0.717, 1.165) is 9.15 Å². The van der Waals surface area contributed by atoms with Crippen LogP contribution in [0.15, 0.2) is 63.4 Å².